The molecule has 31 heavy (non-hydrogen) atoms. The lowest BCUT2D eigenvalue weighted by molar-refractivity contribution is 0.0734. The first-order valence-corrected chi connectivity index (χ1v) is 11.8. The van der Waals surface area contributed by atoms with Crippen LogP contribution in [0, 0.1) is 0 Å². The van der Waals surface area contributed by atoms with E-state index in [1.54, 1.807) is 11.3 Å². The Hall–Kier alpha value is -2.83. The summed E-state index contributed by atoms with van der Waals surface area (Å²) < 4.78 is 5.94. The van der Waals surface area contributed by atoms with E-state index >= 15 is 0 Å². The predicted molar refractivity (Wildman–Crippen MR) is 125 cm³/mol. The van der Waals surface area contributed by atoms with Crippen LogP contribution in [0.25, 0.3) is 0 Å². The molecule has 0 saturated carbocycles. The number of carbonyl (C=O) groups excluding carboxylic acids is 1. The fourth-order valence-corrected chi connectivity index (χ4v) is 4.98. The molecule has 2 aliphatic rings. The van der Waals surface area contributed by atoms with Gasteiger partial charge in [-0.1, -0.05) is 24.3 Å². The van der Waals surface area contributed by atoms with E-state index in [0.29, 0.717) is 19.7 Å². The molecule has 0 N–H and O–H groups in total. The molecule has 6 heteroatoms. The molecule has 0 unspecified atom stereocenters. The van der Waals surface area contributed by atoms with Crippen LogP contribution in [0.2, 0.25) is 0 Å². The maximum atomic E-state index is 12.8. The summed E-state index contributed by atoms with van der Waals surface area (Å²) in [5, 5.41) is 3.87. The minimum atomic E-state index is 0.0835. The summed E-state index contributed by atoms with van der Waals surface area (Å²) in [4.78, 5) is 19.7. The SMILES string of the molecule is O=C(c1ccsc1)N1CCOc2ccc(CN3CCN(c4ccccc4)CC3)cc2C1. The van der Waals surface area contributed by atoms with Crippen LogP contribution in [0.3, 0.4) is 0 Å². The molecule has 0 bridgehead atoms. The Labute approximate surface area is 187 Å². The van der Waals surface area contributed by atoms with Gasteiger partial charge in [0, 0.05) is 55.9 Å². The van der Waals surface area contributed by atoms with Gasteiger partial charge in [0.05, 0.1) is 12.1 Å². The summed E-state index contributed by atoms with van der Waals surface area (Å²) in [6.07, 6.45) is 0. The molecule has 0 spiro atoms. The van der Waals surface area contributed by atoms with Gasteiger partial charge in [-0.05, 0) is 41.3 Å². The lowest BCUT2D eigenvalue weighted by Crippen LogP contribution is -2.45. The van der Waals surface area contributed by atoms with E-state index in [1.165, 1.54) is 11.3 Å². The maximum absolute atomic E-state index is 12.8. The summed E-state index contributed by atoms with van der Waals surface area (Å²) >= 11 is 1.56. The number of para-hydroxylation sites is 1. The molecule has 160 valence electrons. The molecule has 1 amide bonds. The second kappa shape index (κ2) is 9.12. The maximum Gasteiger partial charge on any atom is 0.255 e. The normalized spacial score (nSPS) is 17.0. The monoisotopic (exact) mass is 433 g/mol. The highest BCUT2D eigenvalue weighted by Crippen LogP contribution is 2.26. The lowest BCUT2D eigenvalue weighted by Gasteiger charge is -2.36. The van der Waals surface area contributed by atoms with Crippen molar-refractivity contribution in [1.29, 1.82) is 0 Å². The number of amides is 1. The van der Waals surface area contributed by atoms with Crippen LogP contribution >= 0.6 is 11.3 Å². The average Bonchev–Trinajstić information content (AvgIpc) is 3.27. The summed E-state index contributed by atoms with van der Waals surface area (Å²) in [7, 11) is 0. The van der Waals surface area contributed by atoms with E-state index in [0.717, 1.165) is 49.6 Å². The van der Waals surface area contributed by atoms with E-state index in [4.69, 9.17) is 4.74 Å². The van der Waals surface area contributed by atoms with Crippen LogP contribution in [0.1, 0.15) is 21.5 Å². The number of thiophene rings is 1. The molecule has 0 radical (unpaired) electrons. The number of nitrogens with zero attached hydrogens (tertiary/aromatic N) is 3. The van der Waals surface area contributed by atoms with Crippen LogP contribution in [-0.2, 0) is 13.1 Å². The number of piperazine rings is 1. The van der Waals surface area contributed by atoms with Gasteiger partial charge in [-0.3, -0.25) is 9.69 Å². The quantitative estimate of drug-likeness (QED) is 0.621. The van der Waals surface area contributed by atoms with Crippen LogP contribution in [0.15, 0.2) is 65.4 Å². The number of benzene rings is 2. The summed E-state index contributed by atoms with van der Waals surface area (Å²) in [6.45, 7) is 6.84. The number of ether oxygens (including phenoxy) is 1. The molecule has 0 atom stereocenters. The molecule has 3 heterocycles. The first-order valence-electron chi connectivity index (χ1n) is 10.8. The van der Waals surface area contributed by atoms with Gasteiger partial charge in [0.1, 0.15) is 12.4 Å². The Morgan fingerprint density at radius 2 is 1.81 bits per heavy atom. The predicted octanol–water partition coefficient (Wildman–Crippen LogP) is 4.11. The van der Waals surface area contributed by atoms with Gasteiger partial charge in [0.2, 0.25) is 0 Å². The topological polar surface area (TPSA) is 36.0 Å². The fourth-order valence-electron chi connectivity index (χ4n) is 4.35. The second-order valence-electron chi connectivity index (χ2n) is 8.13. The standard InChI is InChI=1S/C25H27N3O2S/c29-25(21-8-15-31-19-21)28-13-14-30-24-7-6-20(16-22(24)18-28)17-26-9-11-27(12-10-26)23-4-2-1-3-5-23/h1-8,15-16,19H,9-14,17-18H2. The Kier molecular flexibility index (Phi) is 5.91. The Morgan fingerprint density at radius 3 is 2.58 bits per heavy atom. The van der Waals surface area contributed by atoms with Gasteiger partial charge >= 0.3 is 0 Å². The molecular formula is C25H27N3O2S. The van der Waals surface area contributed by atoms with Gasteiger partial charge in [0.25, 0.3) is 5.91 Å². The molecule has 3 aromatic rings. The molecule has 5 rings (SSSR count). The smallest absolute Gasteiger partial charge is 0.255 e. The largest absolute Gasteiger partial charge is 0.491 e. The van der Waals surface area contributed by atoms with Crippen molar-refractivity contribution < 1.29 is 9.53 Å². The average molecular weight is 434 g/mol. The van der Waals surface area contributed by atoms with E-state index in [9.17, 15) is 4.79 Å². The Bertz CT molecular complexity index is 1010. The van der Waals surface area contributed by atoms with Gasteiger partial charge in [0.15, 0.2) is 0 Å². The van der Waals surface area contributed by atoms with Crippen LogP contribution < -0.4 is 9.64 Å². The van der Waals surface area contributed by atoms with Gasteiger partial charge in [-0.25, -0.2) is 0 Å². The van der Waals surface area contributed by atoms with Crippen molar-refractivity contribution in [3.8, 4) is 5.75 Å². The highest BCUT2D eigenvalue weighted by Gasteiger charge is 2.22. The first-order chi connectivity index (χ1) is 15.3. The molecule has 1 saturated heterocycles. The minimum Gasteiger partial charge on any atom is -0.491 e. The van der Waals surface area contributed by atoms with Crippen molar-refractivity contribution >= 4 is 22.9 Å². The summed E-state index contributed by atoms with van der Waals surface area (Å²) in [6, 6.07) is 19.0. The highest BCUT2D eigenvalue weighted by molar-refractivity contribution is 7.08. The lowest BCUT2D eigenvalue weighted by atomic mass is 10.1. The zero-order chi connectivity index (χ0) is 21.0. The zero-order valence-electron chi connectivity index (χ0n) is 17.6. The van der Waals surface area contributed by atoms with Gasteiger partial charge in [-0.15, -0.1) is 0 Å². The van der Waals surface area contributed by atoms with Crippen LogP contribution in [0.5, 0.6) is 5.75 Å². The second-order valence-corrected chi connectivity index (χ2v) is 8.91. The number of carbonyl (C=O) groups is 1. The number of anilines is 1. The molecular weight excluding hydrogens is 406 g/mol. The van der Waals surface area contributed by atoms with Crippen molar-refractivity contribution in [3.05, 3.63) is 82.0 Å². The third-order valence-electron chi connectivity index (χ3n) is 6.06. The van der Waals surface area contributed by atoms with E-state index < -0.39 is 0 Å². The van der Waals surface area contributed by atoms with Crippen LogP contribution in [0.4, 0.5) is 5.69 Å². The molecule has 1 aromatic heterocycles. The fraction of sp³-hybridized carbons (Fsp3) is 0.320. The van der Waals surface area contributed by atoms with Crippen LogP contribution in [-0.4, -0.2) is 55.0 Å². The Morgan fingerprint density at radius 1 is 0.968 bits per heavy atom. The highest BCUT2D eigenvalue weighted by atomic mass is 32.1. The van der Waals surface area contributed by atoms with Crippen molar-refractivity contribution in [2.75, 3.05) is 44.2 Å². The molecule has 2 aromatic carbocycles. The number of fused-ring (bicyclic) bond motifs is 1. The number of hydrogen-bond acceptors (Lipinski definition) is 5. The van der Waals surface area contributed by atoms with Crippen molar-refractivity contribution in [1.82, 2.24) is 9.80 Å². The summed E-state index contributed by atoms with van der Waals surface area (Å²) in [5.74, 6) is 0.985. The van der Waals surface area contributed by atoms with Crippen molar-refractivity contribution in [2.24, 2.45) is 0 Å². The van der Waals surface area contributed by atoms with Gasteiger partial charge < -0.3 is 14.5 Å². The van der Waals surface area contributed by atoms with E-state index in [-0.39, 0.29) is 5.91 Å². The number of rotatable bonds is 4. The summed E-state index contributed by atoms with van der Waals surface area (Å²) in [5.41, 5.74) is 4.45. The molecule has 2 aliphatic heterocycles. The van der Waals surface area contributed by atoms with E-state index in [1.807, 2.05) is 21.7 Å². The third kappa shape index (κ3) is 4.60. The van der Waals surface area contributed by atoms with Crippen molar-refractivity contribution in [3.63, 3.8) is 0 Å². The molecule has 5 nitrogen and oxygen atoms in total. The Balaban J connectivity index is 1.24. The molecule has 1 fully saturated rings. The third-order valence-corrected chi connectivity index (χ3v) is 6.74. The van der Waals surface area contributed by atoms with Crippen molar-refractivity contribution in [2.45, 2.75) is 13.1 Å². The van der Waals surface area contributed by atoms with Gasteiger partial charge in [-0.2, -0.15) is 11.3 Å². The first kappa shape index (κ1) is 20.1. The number of hydrogen-bond donors (Lipinski definition) is 0. The zero-order valence-corrected chi connectivity index (χ0v) is 18.4. The van der Waals surface area contributed by atoms with E-state index in [2.05, 4.69) is 58.3 Å². The minimum absolute atomic E-state index is 0.0835. The molecule has 0 aliphatic carbocycles.